The van der Waals surface area contributed by atoms with Crippen molar-refractivity contribution in [2.75, 3.05) is 13.1 Å². The first-order valence-electron chi connectivity index (χ1n) is 8.87. The van der Waals surface area contributed by atoms with Crippen molar-refractivity contribution in [3.05, 3.63) is 75.8 Å². The Kier molecular flexibility index (Phi) is 6.04. The zero-order chi connectivity index (χ0) is 18.5. The predicted molar refractivity (Wildman–Crippen MR) is 108 cm³/mol. The average Bonchev–Trinajstić information content (AvgIpc) is 2.67. The van der Waals surface area contributed by atoms with Crippen LogP contribution in [0.1, 0.15) is 34.3 Å². The van der Waals surface area contributed by atoms with Crippen molar-refractivity contribution < 1.29 is 9.59 Å². The Balaban J connectivity index is 1.56. The molecule has 3 rings (SSSR count). The van der Waals surface area contributed by atoms with Crippen LogP contribution in [0.3, 0.4) is 0 Å². The quantitative estimate of drug-likeness (QED) is 0.530. The molecular weight excluding hydrogens is 390 g/mol. The van der Waals surface area contributed by atoms with Crippen molar-refractivity contribution in [3.63, 3.8) is 0 Å². The number of likely N-dealkylation sites (tertiary alicyclic amines) is 1. The van der Waals surface area contributed by atoms with Crippen molar-refractivity contribution in [1.29, 1.82) is 0 Å². The number of carbonyl (C=O) groups excluding carboxylic acids is 2. The second-order valence-corrected chi connectivity index (χ2v) is 7.54. The summed E-state index contributed by atoms with van der Waals surface area (Å²) in [5, 5.41) is 0. The van der Waals surface area contributed by atoms with Crippen LogP contribution in [0.15, 0.2) is 59.1 Å². The molecule has 0 unspecified atom stereocenters. The number of carbonyl (C=O) groups is 2. The van der Waals surface area contributed by atoms with Gasteiger partial charge in [0.2, 0.25) is 5.91 Å². The van der Waals surface area contributed by atoms with E-state index < -0.39 is 0 Å². The molecule has 1 amide bonds. The molecular formula is C22H22BrNO2. The molecule has 2 aromatic carbocycles. The highest BCUT2D eigenvalue weighted by Gasteiger charge is 2.27. The van der Waals surface area contributed by atoms with Gasteiger partial charge in [0.1, 0.15) is 0 Å². The zero-order valence-corrected chi connectivity index (χ0v) is 16.4. The molecule has 26 heavy (non-hydrogen) atoms. The number of piperidine rings is 1. The molecule has 2 aromatic rings. The van der Waals surface area contributed by atoms with E-state index in [1.165, 1.54) is 5.56 Å². The number of hydrogen-bond acceptors (Lipinski definition) is 2. The van der Waals surface area contributed by atoms with Crippen molar-refractivity contribution >= 4 is 33.7 Å². The summed E-state index contributed by atoms with van der Waals surface area (Å²) in [6.07, 6.45) is 4.91. The fourth-order valence-electron chi connectivity index (χ4n) is 3.23. The summed E-state index contributed by atoms with van der Waals surface area (Å²) in [4.78, 5) is 26.8. The Labute approximate surface area is 162 Å². The fraction of sp³-hybridized carbons (Fsp3) is 0.273. The highest BCUT2D eigenvalue weighted by Crippen LogP contribution is 2.23. The number of nitrogens with zero attached hydrogens (tertiary/aromatic N) is 1. The lowest BCUT2D eigenvalue weighted by Crippen LogP contribution is -2.39. The lowest BCUT2D eigenvalue weighted by Gasteiger charge is -2.30. The Morgan fingerprint density at radius 1 is 1.08 bits per heavy atom. The number of aryl methyl sites for hydroxylation is 1. The van der Waals surface area contributed by atoms with Crippen LogP contribution in [-0.4, -0.2) is 29.7 Å². The summed E-state index contributed by atoms with van der Waals surface area (Å²) >= 11 is 3.53. The summed E-state index contributed by atoms with van der Waals surface area (Å²) in [7, 11) is 0. The highest BCUT2D eigenvalue weighted by molar-refractivity contribution is 9.10. The van der Waals surface area contributed by atoms with Crippen LogP contribution in [-0.2, 0) is 4.79 Å². The van der Waals surface area contributed by atoms with Crippen LogP contribution in [0.5, 0.6) is 0 Å². The van der Waals surface area contributed by atoms with Gasteiger partial charge in [-0.2, -0.15) is 0 Å². The van der Waals surface area contributed by atoms with Crippen LogP contribution in [0, 0.1) is 12.8 Å². The van der Waals surface area contributed by atoms with Crippen LogP contribution < -0.4 is 0 Å². The predicted octanol–water partition coefficient (Wildman–Crippen LogP) is 4.89. The average molecular weight is 412 g/mol. The van der Waals surface area contributed by atoms with Gasteiger partial charge in [-0.1, -0.05) is 58.4 Å². The van der Waals surface area contributed by atoms with E-state index in [1.807, 2.05) is 66.4 Å². The van der Waals surface area contributed by atoms with Gasteiger partial charge >= 0.3 is 0 Å². The van der Waals surface area contributed by atoms with Gasteiger partial charge in [0.25, 0.3) is 0 Å². The van der Waals surface area contributed by atoms with E-state index in [0.717, 1.165) is 28.4 Å². The van der Waals surface area contributed by atoms with Crippen molar-refractivity contribution in [2.45, 2.75) is 19.8 Å². The Bertz CT molecular complexity index is 821. The van der Waals surface area contributed by atoms with E-state index in [0.29, 0.717) is 13.1 Å². The molecule has 0 N–H and O–H groups in total. The van der Waals surface area contributed by atoms with Crippen LogP contribution in [0.2, 0.25) is 0 Å². The van der Waals surface area contributed by atoms with Crippen LogP contribution in [0.4, 0.5) is 0 Å². The van der Waals surface area contributed by atoms with Gasteiger partial charge in [0.15, 0.2) is 5.78 Å². The van der Waals surface area contributed by atoms with Gasteiger partial charge in [-0.3, -0.25) is 9.59 Å². The molecule has 1 saturated heterocycles. The zero-order valence-electron chi connectivity index (χ0n) is 14.8. The van der Waals surface area contributed by atoms with Gasteiger partial charge in [-0.25, -0.2) is 0 Å². The maximum Gasteiger partial charge on any atom is 0.246 e. The molecule has 1 aliphatic rings. The molecule has 1 aliphatic heterocycles. The lowest BCUT2D eigenvalue weighted by atomic mass is 9.89. The number of rotatable bonds is 4. The minimum Gasteiger partial charge on any atom is -0.339 e. The summed E-state index contributed by atoms with van der Waals surface area (Å²) in [6, 6.07) is 15.5. The van der Waals surface area contributed by atoms with Crippen molar-refractivity contribution in [2.24, 2.45) is 5.92 Å². The Morgan fingerprint density at radius 2 is 1.77 bits per heavy atom. The van der Waals surface area contributed by atoms with E-state index in [-0.39, 0.29) is 17.6 Å². The van der Waals surface area contributed by atoms with E-state index in [4.69, 9.17) is 0 Å². The summed E-state index contributed by atoms with van der Waals surface area (Å²) in [5.41, 5.74) is 2.92. The molecule has 134 valence electrons. The smallest absolute Gasteiger partial charge is 0.246 e. The first kappa shape index (κ1) is 18.6. The first-order chi connectivity index (χ1) is 12.5. The minimum atomic E-state index is 0.00286. The monoisotopic (exact) mass is 411 g/mol. The standard InChI is InChI=1S/C22H22BrNO2/c1-16-7-8-17(20(23)15-16)9-10-21(25)24-13-11-19(12-14-24)22(26)18-5-3-2-4-6-18/h2-10,15,19H,11-14H2,1H3. The second-order valence-electron chi connectivity index (χ2n) is 6.69. The molecule has 0 bridgehead atoms. The number of benzene rings is 2. The number of amides is 1. The molecule has 0 aromatic heterocycles. The van der Waals surface area contributed by atoms with Crippen LogP contribution >= 0.6 is 15.9 Å². The maximum absolute atomic E-state index is 12.5. The number of hydrogen-bond donors (Lipinski definition) is 0. The van der Waals surface area contributed by atoms with E-state index in [2.05, 4.69) is 15.9 Å². The number of Topliss-reactive ketones (excluding diaryl/α,β-unsaturated/α-hetero) is 1. The second kappa shape index (κ2) is 8.45. The summed E-state index contributed by atoms with van der Waals surface area (Å²) in [5.74, 6) is 0.205. The van der Waals surface area contributed by atoms with E-state index >= 15 is 0 Å². The number of ketones is 1. The third-order valence-electron chi connectivity index (χ3n) is 4.80. The van der Waals surface area contributed by atoms with Crippen LogP contribution in [0.25, 0.3) is 6.08 Å². The molecule has 0 radical (unpaired) electrons. The highest BCUT2D eigenvalue weighted by atomic mass is 79.9. The largest absolute Gasteiger partial charge is 0.339 e. The summed E-state index contributed by atoms with van der Waals surface area (Å²) < 4.78 is 0.980. The molecule has 0 spiro atoms. The molecule has 1 fully saturated rings. The van der Waals surface area contributed by atoms with Gasteiger partial charge in [0.05, 0.1) is 0 Å². The maximum atomic E-state index is 12.5. The minimum absolute atomic E-state index is 0.00286. The van der Waals surface area contributed by atoms with Crippen molar-refractivity contribution in [3.8, 4) is 0 Å². The van der Waals surface area contributed by atoms with Crippen molar-refractivity contribution in [1.82, 2.24) is 4.90 Å². The Hall–Kier alpha value is -2.20. The van der Waals surface area contributed by atoms with Gasteiger partial charge in [0, 0.05) is 35.1 Å². The lowest BCUT2D eigenvalue weighted by molar-refractivity contribution is -0.127. The molecule has 4 heteroatoms. The third-order valence-corrected chi connectivity index (χ3v) is 5.48. The van der Waals surface area contributed by atoms with Gasteiger partial charge in [-0.15, -0.1) is 0 Å². The number of halogens is 1. The molecule has 0 aliphatic carbocycles. The fourth-order valence-corrected chi connectivity index (χ4v) is 3.86. The van der Waals surface area contributed by atoms with E-state index in [9.17, 15) is 9.59 Å². The molecule has 1 heterocycles. The SMILES string of the molecule is Cc1ccc(C=CC(=O)N2CCC(C(=O)c3ccccc3)CC2)c(Br)c1. The van der Waals surface area contributed by atoms with E-state index in [1.54, 1.807) is 6.08 Å². The molecule has 3 nitrogen and oxygen atoms in total. The summed E-state index contributed by atoms with van der Waals surface area (Å²) in [6.45, 7) is 3.28. The first-order valence-corrected chi connectivity index (χ1v) is 9.66. The molecule has 0 saturated carbocycles. The Morgan fingerprint density at radius 3 is 2.42 bits per heavy atom. The normalized spacial score (nSPS) is 15.4. The third kappa shape index (κ3) is 4.50. The van der Waals surface area contributed by atoms with Gasteiger partial charge < -0.3 is 4.90 Å². The molecule has 0 atom stereocenters. The topological polar surface area (TPSA) is 37.4 Å². The van der Waals surface area contributed by atoms with Gasteiger partial charge in [-0.05, 0) is 43.0 Å².